The van der Waals surface area contributed by atoms with Crippen molar-refractivity contribution in [3.8, 4) is 0 Å². The molecule has 0 unspecified atom stereocenters. The zero-order chi connectivity index (χ0) is 15.6. The summed E-state index contributed by atoms with van der Waals surface area (Å²) in [5, 5.41) is 0. The van der Waals surface area contributed by atoms with E-state index in [2.05, 4.69) is 0 Å². The second kappa shape index (κ2) is 5.60. The van der Waals surface area contributed by atoms with Crippen molar-refractivity contribution in [1.82, 2.24) is 4.90 Å². The summed E-state index contributed by atoms with van der Waals surface area (Å²) < 4.78 is 10.1. The monoisotopic (exact) mass is 289 g/mol. The van der Waals surface area contributed by atoms with Crippen LogP contribution in [-0.4, -0.2) is 29.7 Å². The Bertz CT molecular complexity index is 599. The van der Waals surface area contributed by atoms with Gasteiger partial charge in [-0.3, -0.25) is 4.90 Å². The molecule has 5 nitrogen and oxygen atoms in total. The molecule has 1 amide bonds. The highest BCUT2D eigenvalue weighted by Crippen LogP contribution is 2.29. The molecule has 1 heterocycles. The number of ether oxygens (including phenoxy) is 2. The van der Waals surface area contributed by atoms with E-state index in [9.17, 15) is 9.59 Å². The highest BCUT2D eigenvalue weighted by Gasteiger charge is 2.28. The highest BCUT2D eigenvalue weighted by atomic mass is 16.6. The van der Waals surface area contributed by atoms with Crippen molar-refractivity contribution in [2.24, 2.45) is 0 Å². The molecular formula is C16H19NO4. The Balaban J connectivity index is 2.40. The van der Waals surface area contributed by atoms with E-state index in [1.165, 1.54) is 18.2 Å². The van der Waals surface area contributed by atoms with Crippen molar-refractivity contribution in [2.75, 3.05) is 7.11 Å². The van der Waals surface area contributed by atoms with Crippen molar-refractivity contribution in [3.05, 3.63) is 41.6 Å². The zero-order valence-electron chi connectivity index (χ0n) is 12.7. The number of fused-ring (bicyclic) bond motifs is 1. The highest BCUT2D eigenvalue weighted by molar-refractivity contribution is 6.17. The van der Waals surface area contributed by atoms with Crippen LogP contribution in [0.2, 0.25) is 0 Å². The topological polar surface area (TPSA) is 55.8 Å². The van der Waals surface area contributed by atoms with Crippen molar-refractivity contribution >= 4 is 17.6 Å². The molecule has 1 aromatic rings. The van der Waals surface area contributed by atoms with Gasteiger partial charge in [-0.2, -0.15) is 0 Å². The Kier molecular flexibility index (Phi) is 4.02. The van der Waals surface area contributed by atoms with Gasteiger partial charge in [-0.25, -0.2) is 9.59 Å². The van der Waals surface area contributed by atoms with E-state index in [0.717, 1.165) is 11.1 Å². The van der Waals surface area contributed by atoms with Gasteiger partial charge in [-0.1, -0.05) is 24.3 Å². The lowest BCUT2D eigenvalue weighted by molar-refractivity contribution is -0.147. The Morgan fingerprint density at radius 3 is 2.48 bits per heavy atom. The molecule has 0 saturated carbocycles. The van der Waals surface area contributed by atoms with Gasteiger partial charge in [0.15, 0.2) is 0 Å². The van der Waals surface area contributed by atoms with E-state index in [1.54, 1.807) is 20.8 Å². The summed E-state index contributed by atoms with van der Waals surface area (Å²) in [6.45, 7) is 5.78. The van der Waals surface area contributed by atoms with E-state index in [0.29, 0.717) is 12.1 Å². The van der Waals surface area contributed by atoms with E-state index in [1.807, 2.05) is 24.3 Å². The molecule has 21 heavy (non-hydrogen) atoms. The number of nitrogens with zero attached hydrogens (tertiary/aromatic N) is 1. The van der Waals surface area contributed by atoms with Gasteiger partial charge >= 0.3 is 12.1 Å². The number of amides is 1. The number of carbonyl (C=O) groups is 2. The first-order valence-electron chi connectivity index (χ1n) is 6.70. The molecule has 0 aromatic heterocycles. The normalized spacial score (nSPS) is 14.1. The third-order valence-electron chi connectivity index (χ3n) is 2.96. The van der Waals surface area contributed by atoms with E-state index >= 15 is 0 Å². The van der Waals surface area contributed by atoms with Crippen LogP contribution in [0.25, 0.3) is 5.57 Å². The summed E-state index contributed by atoms with van der Waals surface area (Å²) in [5.41, 5.74) is 1.43. The molecule has 0 fully saturated rings. The molecular weight excluding hydrogens is 270 g/mol. The fourth-order valence-electron chi connectivity index (χ4n) is 2.11. The molecule has 2 rings (SSSR count). The Morgan fingerprint density at radius 2 is 1.86 bits per heavy atom. The number of carbonyl (C=O) groups excluding carboxylic acids is 2. The van der Waals surface area contributed by atoms with Crippen LogP contribution in [-0.2, 0) is 20.8 Å². The second-order valence-electron chi connectivity index (χ2n) is 5.80. The molecule has 0 spiro atoms. The summed E-state index contributed by atoms with van der Waals surface area (Å²) in [6, 6.07) is 7.44. The van der Waals surface area contributed by atoms with Crippen LogP contribution in [0, 0.1) is 0 Å². The number of methoxy groups -OCH3 is 1. The van der Waals surface area contributed by atoms with E-state index in [4.69, 9.17) is 9.47 Å². The fraction of sp³-hybridized carbons (Fsp3) is 0.375. The first-order chi connectivity index (χ1) is 9.81. The summed E-state index contributed by atoms with van der Waals surface area (Å²) >= 11 is 0. The standard InChI is InChI=1S/C16H19NO4/c1-16(2,3)21-14(18)13-10-17(15(19)20-4)9-11-7-5-6-8-12(11)13/h5-8,10H,9H2,1-4H3. The first-order valence-corrected chi connectivity index (χ1v) is 6.70. The Hall–Kier alpha value is -2.30. The quantitative estimate of drug-likeness (QED) is 0.746. The van der Waals surface area contributed by atoms with E-state index < -0.39 is 17.7 Å². The number of rotatable bonds is 1. The van der Waals surface area contributed by atoms with Crippen LogP contribution in [0.15, 0.2) is 30.5 Å². The lowest BCUT2D eigenvalue weighted by Gasteiger charge is -2.27. The lowest BCUT2D eigenvalue weighted by atomic mass is 9.97. The van der Waals surface area contributed by atoms with Crippen molar-refractivity contribution in [3.63, 3.8) is 0 Å². The predicted molar refractivity (Wildman–Crippen MR) is 78.2 cm³/mol. The Morgan fingerprint density at radius 1 is 1.19 bits per heavy atom. The number of esters is 1. The summed E-state index contributed by atoms with van der Waals surface area (Å²) in [7, 11) is 1.31. The molecule has 0 radical (unpaired) electrons. The SMILES string of the molecule is COC(=O)N1C=C(C(=O)OC(C)(C)C)c2ccccc2C1. The third kappa shape index (κ3) is 3.42. The number of benzene rings is 1. The lowest BCUT2D eigenvalue weighted by Crippen LogP contribution is -2.31. The maximum Gasteiger partial charge on any atom is 0.413 e. The van der Waals surface area contributed by atoms with Gasteiger partial charge in [0.25, 0.3) is 0 Å². The molecule has 1 aliphatic rings. The van der Waals surface area contributed by atoms with Crippen LogP contribution in [0.3, 0.4) is 0 Å². The Labute approximate surface area is 124 Å². The average molecular weight is 289 g/mol. The fourth-order valence-corrected chi connectivity index (χ4v) is 2.11. The van der Waals surface area contributed by atoms with Gasteiger partial charge < -0.3 is 9.47 Å². The molecule has 112 valence electrons. The molecule has 1 aliphatic heterocycles. The van der Waals surface area contributed by atoms with Gasteiger partial charge in [-0.15, -0.1) is 0 Å². The molecule has 0 bridgehead atoms. The van der Waals surface area contributed by atoms with Gasteiger partial charge in [0, 0.05) is 6.20 Å². The van der Waals surface area contributed by atoms with Gasteiger partial charge in [0.05, 0.1) is 19.2 Å². The van der Waals surface area contributed by atoms with Gasteiger partial charge in [-0.05, 0) is 31.9 Å². The van der Waals surface area contributed by atoms with Crippen molar-refractivity contribution in [2.45, 2.75) is 32.9 Å². The van der Waals surface area contributed by atoms with Crippen LogP contribution < -0.4 is 0 Å². The number of hydrogen-bond acceptors (Lipinski definition) is 4. The summed E-state index contributed by atoms with van der Waals surface area (Å²) in [4.78, 5) is 25.5. The van der Waals surface area contributed by atoms with E-state index in [-0.39, 0.29) is 0 Å². The second-order valence-corrected chi connectivity index (χ2v) is 5.80. The summed E-state index contributed by atoms with van der Waals surface area (Å²) in [6.07, 6.45) is 0.980. The van der Waals surface area contributed by atoms with Crippen LogP contribution in [0.1, 0.15) is 31.9 Å². The maximum atomic E-state index is 12.4. The molecule has 5 heteroatoms. The molecule has 0 saturated heterocycles. The number of hydrogen-bond donors (Lipinski definition) is 0. The maximum absolute atomic E-state index is 12.4. The van der Waals surface area contributed by atoms with Crippen molar-refractivity contribution < 1.29 is 19.1 Å². The van der Waals surface area contributed by atoms with Crippen LogP contribution in [0.5, 0.6) is 0 Å². The first kappa shape index (κ1) is 15.1. The molecule has 0 aliphatic carbocycles. The summed E-state index contributed by atoms with van der Waals surface area (Å²) in [5.74, 6) is -0.455. The largest absolute Gasteiger partial charge is 0.456 e. The van der Waals surface area contributed by atoms with Crippen molar-refractivity contribution in [1.29, 1.82) is 0 Å². The average Bonchev–Trinajstić information content (AvgIpc) is 2.43. The van der Waals surface area contributed by atoms with Gasteiger partial charge in [0.2, 0.25) is 0 Å². The zero-order valence-corrected chi connectivity index (χ0v) is 12.7. The molecule has 0 atom stereocenters. The van der Waals surface area contributed by atoms with Crippen LogP contribution >= 0.6 is 0 Å². The minimum atomic E-state index is -0.597. The van der Waals surface area contributed by atoms with Gasteiger partial charge in [0.1, 0.15) is 5.60 Å². The molecule has 0 N–H and O–H groups in total. The van der Waals surface area contributed by atoms with Crippen LogP contribution in [0.4, 0.5) is 4.79 Å². The third-order valence-corrected chi connectivity index (χ3v) is 2.96. The minimum Gasteiger partial charge on any atom is -0.456 e. The minimum absolute atomic E-state index is 0.358. The smallest absolute Gasteiger partial charge is 0.413 e. The molecule has 1 aromatic carbocycles. The predicted octanol–water partition coefficient (Wildman–Crippen LogP) is 2.95.